The second-order valence-electron chi connectivity index (χ2n) is 6.45. The summed E-state index contributed by atoms with van der Waals surface area (Å²) < 4.78 is 5.15. The summed E-state index contributed by atoms with van der Waals surface area (Å²) in [6.45, 7) is 0.880. The van der Waals surface area contributed by atoms with Crippen molar-refractivity contribution in [2.75, 3.05) is 13.7 Å². The molecular weight excluding hydrogens is 302 g/mol. The van der Waals surface area contributed by atoms with Gasteiger partial charge in [0.1, 0.15) is 0 Å². The summed E-state index contributed by atoms with van der Waals surface area (Å²) in [5.74, 6) is -0.116. The Morgan fingerprint density at radius 1 is 1.17 bits per heavy atom. The zero-order valence-electron chi connectivity index (χ0n) is 13.9. The molecule has 0 radical (unpaired) electrons. The van der Waals surface area contributed by atoms with Crippen LogP contribution in [0.25, 0.3) is 0 Å². The fraction of sp³-hybridized carbons (Fsp3) is 0.350. The van der Waals surface area contributed by atoms with Gasteiger partial charge in [0.15, 0.2) is 0 Å². The SMILES string of the molecule is COCc1ccccc1C(=O)NCC1(C(O)c2ccccc2)CC1. The van der Waals surface area contributed by atoms with E-state index in [9.17, 15) is 9.90 Å². The highest BCUT2D eigenvalue weighted by Gasteiger charge is 2.49. The first-order valence-corrected chi connectivity index (χ1v) is 8.24. The van der Waals surface area contributed by atoms with Crippen LogP contribution in [-0.2, 0) is 11.3 Å². The summed E-state index contributed by atoms with van der Waals surface area (Å²) >= 11 is 0. The zero-order valence-corrected chi connectivity index (χ0v) is 13.9. The van der Waals surface area contributed by atoms with Crippen LogP contribution in [0.3, 0.4) is 0 Å². The van der Waals surface area contributed by atoms with Crippen molar-refractivity contribution >= 4 is 5.91 Å². The first-order chi connectivity index (χ1) is 11.7. The van der Waals surface area contributed by atoms with Crippen LogP contribution in [0.15, 0.2) is 54.6 Å². The van der Waals surface area contributed by atoms with Crippen molar-refractivity contribution in [3.05, 3.63) is 71.3 Å². The smallest absolute Gasteiger partial charge is 0.251 e. The van der Waals surface area contributed by atoms with E-state index >= 15 is 0 Å². The van der Waals surface area contributed by atoms with Crippen LogP contribution in [0.1, 0.15) is 40.4 Å². The van der Waals surface area contributed by atoms with Crippen LogP contribution < -0.4 is 5.32 Å². The van der Waals surface area contributed by atoms with E-state index in [0.717, 1.165) is 24.0 Å². The number of carbonyl (C=O) groups excluding carboxylic acids is 1. The summed E-state index contributed by atoms with van der Waals surface area (Å²) in [5, 5.41) is 13.7. The van der Waals surface area contributed by atoms with E-state index in [1.54, 1.807) is 13.2 Å². The molecule has 1 fully saturated rings. The molecule has 0 heterocycles. The lowest BCUT2D eigenvalue weighted by Crippen LogP contribution is -2.33. The van der Waals surface area contributed by atoms with Gasteiger partial charge < -0.3 is 15.2 Å². The fourth-order valence-electron chi connectivity index (χ4n) is 3.07. The molecule has 4 nitrogen and oxygen atoms in total. The van der Waals surface area contributed by atoms with Gasteiger partial charge in [-0.05, 0) is 30.0 Å². The number of amides is 1. The molecule has 0 aromatic heterocycles. The molecule has 1 atom stereocenters. The molecule has 2 aromatic carbocycles. The number of methoxy groups -OCH3 is 1. The van der Waals surface area contributed by atoms with Gasteiger partial charge in [0.25, 0.3) is 5.91 Å². The zero-order chi connectivity index (χ0) is 17.0. The molecule has 2 aromatic rings. The Hall–Kier alpha value is -2.17. The number of carbonyl (C=O) groups is 1. The van der Waals surface area contributed by atoms with Crippen molar-refractivity contribution in [3.8, 4) is 0 Å². The Labute approximate surface area is 142 Å². The van der Waals surface area contributed by atoms with Gasteiger partial charge in [-0.1, -0.05) is 48.5 Å². The van der Waals surface area contributed by atoms with Gasteiger partial charge in [-0.2, -0.15) is 0 Å². The molecule has 1 aliphatic rings. The van der Waals surface area contributed by atoms with E-state index in [4.69, 9.17) is 4.74 Å². The summed E-state index contributed by atoms with van der Waals surface area (Å²) in [6, 6.07) is 17.1. The van der Waals surface area contributed by atoms with Gasteiger partial charge >= 0.3 is 0 Å². The normalized spacial score (nSPS) is 16.4. The number of benzene rings is 2. The second-order valence-corrected chi connectivity index (χ2v) is 6.45. The van der Waals surface area contributed by atoms with E-state index in [1.165, 1.54) is 0 Å². The van der Waals surface area contributed by atoms with Crippen LogP contribution in [-0.4, -0.2) is 24.7 Å². The Bertz CT molecular complexity index is 695. The lowest BCUT2D eigenvalue weighted by molar-refractivity contribution is 0.0805. The number of aliphatic hydroxyl groups is 1. The second kappa shape index (κ2) is 7.16. The third kappa shape index (κ3) is 3.50. The van der Waals surface area contributed by atoms with Crippen LogP contribution in [0.4, 0.5) is 0 Å². The predicted molar refractivity (Wildman–Crippen MR) is 92.6 cm³/mol. The molecule has 2 N–H and O–H groups in total. The first-order valence-electron chi connectivity index (χ1n) is 8.24. The Balaban J connectivity index is 1.66. The minimum atomic E-state index is -0.548. The fourth-order valence-corrected chi connectivity index (χ4v) is 3.07. The van der Waals surface area contributed by atoms with E-state index in [2.05, 4.69) is 5.32 Å². The van der Waals surface area contributed by atoms with Crippen LogP contribution in [0, 0.1) is 5.41 Å². The topological polar surface area (TPSA) is 58.6 Å². The number of nitrogens with one attached hydrogen (secondary N) is 1. The molecule has 0 spiro atoms. The number of hydrogen-bond acceptors (Lipinski definition) is 3. The third-order valence-electron chi connectivity index (χ3n) is 4.75. The molecule has 1 saturated carbocycles. The van der Waals surface area contributed by atoms with Gasteiger partial charge in [-0.3, -0.25) is 4.79 Å². The molecule has 126 valence electrons. The number of ether oxygens (including phenoxy) is 1. The van der Waals surface area contributed by atoms with Gasteiger partial charge in [0.2, 0.25) is 0 Å². The Morgan fingerprint density at radius 2 is 1.83 bits per heavy atom. The van der Waals surface area contributed by atoms with Gasteiger partial charge in [0.05, 0.1) is 12.7 Å². The molecule has 0 saturated heterocycles. The molecule has 3 rings (SSSR count). The highest BCUT2D eigenvalue weighted by Crippen LogP contribution is 2.54. The summed E-state index contributed by atoms with van der Waals surface area (Å²) in [5.41, 5.74) is 2.16. The van der Waals surface area contributed by atoms with Crippen molar-refractivity contribution in [2.24, 2.45) is 5.41 Å². The summed E-state index contributed by atoms with van der Waals surface area (Å²) in [4.78, 5) is 12.5. The van der Waals surface area contributed by atoms with E-state index in [-0.39, 0.29) is 11.3 Å². The molecule has 24 heavy (non-hydrogen) atoms. The van der Waals surface area contributed by atoms with Crippen molar-refractivity contribution in [3.63, 3.8) is 0 Å². The lowest BCUT2D eigenvalue weighted by Gasteiger charge is -2.23. The largest absolute Gasteiger partial charge is 0.388 e. The maximum atomic E-state index is 12.5. The molecule has 1 unspecified atom stereocenters. The van der Waals surface area contributed by atoms with Crippen molar-refractivity contribution in [2.45, 2.75) is 25.6 Å². The van der Waals surface area contributed by atoms with Crippen LogP contribution in [0.2, 0.25) is 0 Å². The van der Waals surface area contributed by atoms with Gasteiger partial charge in [-0.15, -0.1) is 0 Å². The Kier molecular flexibility index (Phi) is 4.97. The average Bonchev–Trinajstić information content (AvgIpc) is 3.42. The average molecular weight is 325 g/mol. The minimum absolute atomic E-state index is 0.116. The van der Waals surface area contributed by atoms with Crippen LogP contribution >= 0.6 is 0 Å². The highest BCUT2D eigenvalue weighted by molar-refractivity contribution is 5.95. The van der Waals surface area contributed by atoms with E-state index in [1.807, 2.05) is 48.5 Å². The maximum absolute atomic E-state index is 12.5. The van der Waals surface area contributed by atoms with Crippen molar-refractivity contribution in [1.29, 1.82) is 0 Å². The number of aliphatic hydroxyl groups excluding tert-OH is 1. The monoisotopic (exact) mass is 325 g/mol. The summed E-state index contributed by atoms with van der Waals surface area (Å²) in [6.07, 6.45) is 1.29. The molecule has 0 aliphatic heterocycles. The first kappa shape index (κ1) is 16.7. The number of rotatable bonds is 7. The molecule has 0 bridgehead atoms. The molecular formula is C20H23NO3. The van der Waals surface area contributed by atoms with Crippen molar-refractivity contribution < 1.29 is 14.6 Å². The third-order valence-corrected chi connectivity index (χ3v) is 4.75. The molecule has 1 aliphatic carbocycles. The van der Waals surface area contributed by atoms with Crippen molar-refractivity contribution in [1.82, 2.24) is 5.32 Å². The molecule has 1 amide bonds. The minimum Gasteiger partial charge on any atom is -0.388 e. The van der Waals surface area contributed by atoms with Gasteiger partial charge in [-0.25, -0.2) is 0 Å². The highest BCUT2D eigenvalue weighted by atomic mass is 16.5. The van der Waals surface area contributed by atoms with Crippen LogP contribution in [0.5, 0.6) is 0 Å². The Morgan fingerprint density at radius 3 is 2.50 bits per heavy atom. The predicted octanol–water partition coefficient (Wildman–Crippen LogP) is 3.08. The lowest BCUT2D eigenvalue weighted by atomic mass is 9.92. The quantitative estimate of drug-likeness (QED) is 0.822. The maximum Gasteiger partial charge on any atom is 0.251 e. The van der Waals surface area contributed by atoms with E-state index < -0.39 is 6.10 Å². The molecule has 4 heteroatoms. The van der Waals surface area contributed by atoms with E-state index in [0.29, 0.717) is 18.7 Å². The standard InChI is InChI=1S/C20H23NO3/c1-24-13-16-9-5-6-10-17(16)19(23)21-14-20(11-12-20)18(22)15-7-3-2-4-8-15/h2-10,18,22H,11-14H2,1H3,(H,21,23). The summed E-state index contributed by atoms with van der Waals surface area (Å²) in [7, 11) is 1.62. The van der Waals surface area contributed by atoms with Gasteiger partial charge in [0, 0.05) is 24.6 Å². The number of hydrogen-bond donors (Lipinski definition) is 2.